The Morgan fingerprint density at radius 3 is 2.28 bits per heavy atom. The summed E-state index contributed by atoms with van der Waals surface area (Å²) in [6, 6.07) is 30.7. The van der Waals surface area contributed by atoms with Crippen molar-refractivity contribution in [2.75, 3.05) is 5.73 Å². The number of hydrogen-bond donors (Lipinski definition) is 1. The third-order valence-corrected chi connectivity index (χ3v) is 4.35. The average molecular weight is 325 g/mol. The van der Waals surface area contributed by atoms with Gasteiger partial charge in [0.25, 0.3) is 0 Å². The predicted octanol–water partition coefficient (Wildman–Crippen LogP) is 5.67. The van der Waals surface area contributed by atoms with E-state index in [1.54, 1.807) is 0 Å². The van der Waals surface area contributed by atoms with E-state index in [-0.39, 0.29) is 0 Å². The van der Waals surface area contributed by atoms with Gasteiger partial charge in [-0.2, -0.15) is 0 Å². The summed E-state index contributed by atoms with van der Waals surface area (Å²) in [7, 11) is 0. The molecule has 0 radical (unpaired) electrons. The molecule has 25 heavy (non-hydrogen) atoms. The van der Waals surface area contributed by atoms with Crippen LogP contribution in [0.15, 0.2) is 91.0 Å². The Hall–Kier alpha value is -3.26. The zero-order chi connectivity index (χ0) is 17.1. The van der Waals surface area contributed by atoms with Gasteiger partial charge in [-0.15, -0.1) is 0 Å². The predicted molar refractivity (Wildman–Crippen MR) is 105 cm³/mol. The van der Waals surface area contributed by atoms with Crippen LogP contribution in [-0.4, -0.2) is 0 Å². The van der Waals surface area contributed by atoms with E-state index in [1.165, 1.54) is 0 Å². The van der Waals surface area contributed by atoms with Crippen molar-refractivity contribution < 1.29 is 4.74 Å². The maximum Gasteiger partial charge on any atom is 0.120 e. The topological polar surface area (TPSA) is 35.2 Å². The zero-order valence-corrected chi connectivity index (χ0v) is 13.9. The molecule has 0 saturated heterocycles. The SMILES string of the molecule is Nc1ccc(-c2cccc(OCc3ccccc3)c2)c2ccccc12. The first-order valence-electron chi connectivity index (χ1n) is 8.36. The Bertz CT molecular complexity index is 1010. The third kappa shape index (κ3) is 3.20. The minimum atomic E-state index is 0.562. The summed E-state index contributed by atoms with van der Waals surface area (Å²) >= 11 is 0. The highest BCUT2D eigenvalue weighted by atomic mass is 16.5. The van der Waals surface area contributed by atoms with Crippen LogP contribution in [0.4, 0.5) is 5.69 Å². The van der Waals surface area contributed by atoms with Gasteiger partial charge in [0, 0.05) is 11.1 Å². The molecule has 0 aromatic heterocycles. The van der Waals surface area contributed by atoms with E-state index >= 15 is 0 Å². The van der Waals surface area contributed by atoms with Gasteiger partial charge in [0.05, 0.1) is 0 Å². The van der Waals surface area contributed by atoms with Crippen LogP contribution in [0, 0.1) is 0 Å². The number of anilines is 1. The van der Waals surface area contributed by atoms with Crippen LogP contribution in [0.3, 0.4) is 0 Å². The van der Waals surface area contributed by atoms with Gasteiger partial charge >= 0.3 is 0 Å². The van der Waals surface area contributed by atoms with Gasteiger partial charge in [0.15, 0.2) is 0 Å². The number of rotatable bonds is 4. The third-order valence-electron chi connectivity index (χ3n) is 4.35. The maximum absolute atomic E-state index is 6.12. The molecule has 2 heteroatoms. The van der Waals surface area contributed by atoms with Crippen molar-refractivity contribution in [3.63, 3.8) is 0 Å². The van der Waals surface area contributed by atoms with Gasteiger partial charge < -0.3 is 10.5 Å². The summed E-state index contributed by atoms with van der Waals surface area (Å²) in [5.74, 6) is 0.863. The van der Waals surface area contributed by atoms with Crippen molar-refractivity contribution in [2.24, 2.45) is 0 Å². The van der Waals surface area contributed by atoms with E-state index < -0.39 is 0 Å². The molecular weight excluding hydrogens is 306 g/mol. The molecule has 0 aliphatic carbocycles. The van der Waals surface area contributed by atoms with Crippen molar-refractivity contribution in [2.45, 2.75) is 6.61 Å². The summed E-state index contributed by atoms with van der Waals surface area (Å²) in [5.41, 5.74) is 10.4. The molecule has 2 nitrogen and oxygen atoms in total. The number of fused-ring (bicyclic) bond motifs is 1. The molecule has 4 aromatic rings. The highest BCUT2D eigenvalue weighted by Gasteiger charge is 2.07. The number of nitrogen functional groups attached to an aromatic ring is 1. The van der Waals surface area contributed by atoms with Crippen LogP contribution >= 0.6 is 0 Å². The van der Waals surface area contributed by atoms with E-state index in [2.05, 4.69) is 42.5 Å². The quantitative estimate of drug-likeness (QED) is 0.491. The number of benzene rings is 4. The van der Waals surface area contributed by atoms with Crippen LogP contribution in [-0.2, 0) is 6.61 Å². The van der Waals surface area contributed by atoms with Gasteiger partial charge in [-0.3, -0.25) is 0 Å². The molecule has 0 atom stereocenters. The molecule has 4 aromatic carbocycles. The molecule has 0 spiro atoms. The fraction of sp³-hybridized carbons (Fsp3) is 0.0435. The fourth-order valence-corrected chi connectivity index (χ4v) is 3.07. The highest BCUT2D eigenvalue weighted by Crippen LogP contribution is 2.33. The van der Waals surface area contributed by atoms with Crippen molar-refractivity contribution in [1.29, 1.82) is 0 Å². The van der Waals surface area contributed by atoms with Crippen LogP contribution in [0.1, 0.15) is 5.56 Å². The Balaban J connectivity index is 1.67. The van der Waals surface area contributed by atoms with Gasteiger partial charge in [0.2, 0.25) is 0 Å². The Morgan fingerprint density at radius 2 is 1.44 bits per heavy atom. The lowest BCUT2D eigenvalue weighted by Crippen LogP contribution is -1.95. The van der Waals surface area contributed by atoms with E-state index in [9.17, 15) is 0 Å². The molecule has 0 bridgehead atoms. The fourth-order valence-electron chi connectivity index (χ4n) is 3.07. The first-order valence-corrected chi connectivity index (χ1v) is 8.36. The highest BCUT2D eigenvalue weighted by molar-refractivity contribution is 6.02. The lowest BCUT2D eigenvalue weighted by atomic mass is 9.97. The van der Waals surface area contributed by atoms with Gasteiger partial charge in [-0.1, -0.05) is 72.8 Å². The van der Waals surface area contributed by atoms with Crippen LogP contribution in [0.5, 0.6) is 5.75 Å². The summed E-state index contributed by atoms with van der Waals surface area (Å²) < 4.78 is 5.97. The van der Waals surface area contributed by atoms with E-state index in [4.69, 9.17) is 10.5 Å². The summed E-state index contributed by atoms with van der Waals surface area (Å²) in [6.45, 7) is 0.562. The van der Waals surface area contributed by atoms with E-state index in [0.29, 0.717) is 6.61 Å². The molecule has 0 saturated carbocycles. The molecule has 0 unspecified atom stereocenters. The minimum absolute atomic E-state index is 0.562. The second kappa shape index (κ2) is 6.70. The second-order valence-electron chi connectivity index (χ2n) is 6.05. The molecule has 0 aliphatic heterocycles. The number of hydrogen-bond acceptors (Lipinski definition) is 2. The summed E-state index contributed by atoms with van der Waals surface area (Å²) in [5, 5.41) is 2.23. The van der Waals surface area contributed by atoms with Gasteiger partial charge in [0.1, 0.15) is 12.4 Å². The van der Waals surface area contributed by atoms with Crippen molar-refractivity contribution in [3.05, 3.63) is 96.6 Å². The van der Waals surface area contributed by atoms with Crippen LogP contribution < -0.4 is 10.5 Å². The monoisotopic (exact) mass is 325 g/mol. The van der Waals surface area contributed by atoms with Crippen molar-refractivity contribution in [1.82, 2.24) is 0 Å². The molecule has 4 rings (SSSR count). The number of ether oxygens (including phenoxy) is 1. The molecule has 0 heterocycles. The van der Waals surface area contributed by atoms with Crippen LogP contribution in [0.25, 0.3) is 21.9 Å². The van der Waals surface area contributed by atoms with Gasteiger partial charge in [-0.25, -0.2) is 0 Å². The largest absolute Gasteiger partial charge is 0.489 e. The molecule has 0 aliphatic rings. The zero-order valence-electron chi connectivity index (χ0n) is 13.9. The molecule has 0 fully saturated rings. The normalized spacial score (nSPS) is 10.7. The first-order chi connectivity index (χ1) is 12.3. The number of nitrogens with two attached hydrogens (primary N) is 1. The van der Waals surface area contributed by atoms with E-state index in [0.717, 1.165) is 38.9 Å². The second-order valence-corrected chi connectivity index (χ2v) is 6.05. The molecular formula is C23H19NO. The molecule has 0 amide bonds. The lowest BCUT2D eigenvalue weighted by molar-refractivity contribution is 0.306. The summed E-state index contributed by atoms with van der Waals surface area (Å²) in [6.07, 6.45) is 0. The average Bonchev–Trinajstić information content (AvgIpc) is 2.68. The van der Waals surface area contributed by atoms with Crippen LogP contribution in [0.2, 0.25) is 0 Å². The van der Waals surface area contributed by atoms with Crippen molar-refractivity contribution >= 4 is 16.5 Å². The lowest BCUT2D eigenvalue weighted by Gasteiger charge is -2.11. The van der Waals surface area contributed by atoms with Gasteiger partial charge in [-0.05, 0) is 40.3 Å². The molecule has 122 valence electrons. The Kier molecular flexibility index (Phi) is 4.09. The maximum atomic E-state index is 6.12. The smallest absolute Gasteiger partial charge is 0.120 e. The summed E-state index contributed by atoms with van der Waals surface area (Å²) in [4.78, 5) is 0. The van der Waals surface area contributed by atoms with E-state index in [1.807, 2.05) is 48.5 Å². The molecule has 2 N–H and O–H groups in total. The Morgan fingerprint density at radius 1 is 0.680 bits per heavy atom. The minimum Gasteiger partial charge on any atom is -0.489 e. The standard InChI is InChI=1S/C23H19NO/c24-23-14-13-20(21-11-4-5-12-22(21)23)18-9-6-10-19(15-18)25-16-17-7-2-1-3-8-17/h1-15H,16,24H2. The van der Waals surface area contributed by atoms with Crippen molar-refractivity contribution in [3.8, 4) is 16.9 Å². The first kappa shape index (κ1) is 15.3. The Labute approximate surface area is 147 Å².